The van der Waals surface area contributed by atoms with E-state index in [0.717, 1.165) is 33.5 Å². The van der Waals surface area contributed by atoms with E-state index in [2.05, 4.69) is 89.5 Å². The maximum atomic E-state index is 9.42. The largest absolute Gasteiger partial charge is 0.309 e. The molecule has 0 amide bonds. The molecule has 0 saturated carbocycles. The van der Waals surface area contributed by atoms with Gasteiger partial charge >= 0.3 is 0 Å². The number of hydrogen-bond acceptors (Lipinski definition) is 3. The van der Waals surface area contributed by atoms with Crippen LogP contribution in [0.5, 0.6) is 0 Å². The van der Waals surface area contributed by atoms with Gasteiger partial charge in [0, 0.05) is 42.9 Å². The van der Waals surface area contributed by atoms with Crippen LogP contribution in [0, 0.1) is 10.8 Å². The van der Waals surface area contributed by atoms with Gasteiger partial charge < -0.3 is 4.57 Å². The molecule has 2 aromatic heterocycles. The number of benzene rings is 6. The molecule has 0 bridgehead atoms. The molecule has 5 heteroatoms. The van der Waals surface area contributed by atoms with Crippen molar-refractivity contribution in [1.29, 1.82) is 10.8 Å². The van der Waals surface area contributed by atoms with E-state index < -0.39 is 0 Å². The summed E-state index contributed by atoms with van der Waals surface area (Å²) in [7, 11) is 0. The molecule has 8 aromatic rings. The van der Waals surface area contributed by atoms with Crippen LogP contribution in [0.1, 0.15) is 11.1 Å². The molecule has 6 aromatic carbocycles. The highest BCUT2D eigenvalue weighted by Crippen LogP contribution is 2.42. The first-order valence-corrected chi connectivity index (χ1v) is 15.7. The Labute approximate surface area is 265 Å². The van der Waals surface area contributed by atoms with Gasteiger partial charge in [-0.1, -0.05) is 115 Å². The van der Waals surface area contributed by atoms with E-state index in [-0.39, 0.29) is 11.7 Å². The van der Waals surface area contributed by atoms with Crippen molar-refractivity contribution in [2.24, 2.45) is 0 Å². The van der Waals surface area contributed by atoms with Crippen molar-refractivity contribution in [3.63, 3.8) is 0 Å². The molecular weight excluding hydrogens is 569 g/mol. The number of amidine groups is 2. The van der Waals surface area contributed by atoms with E-state index >= 15 is 0 Å². The predicted molar refractivity (Wildman–Crippen MR) is 191 cm³/mol. The Hall–Kier alpha value is -5.78. The maximum absolute atomic E-state index is 9.42. The van der Waals surface area contributed by atoms with Crippen molar-refractivity contribution in [1.82, 2.24) is 4.57 Å². The number of hydrogen-bond donors (Lipinski definition) is 2. The van der Waals surface area contributed by atoms with E-state index in [9.17, 15) is 5.41 Å². The number of thiophene rings is 1. The van der Waals surface area contributed by atoms with Crippen molar-refractivity contribution < 1.29 is 0 Å². The van der Waals surface area contributed by atoms with Crippen molar-refractivity contribution >= 4 is 60.6 Å². The standard InChI is InChI=1S/C40H28N4S/c41-39(28-15-6-2-7-16-28)44(31-18-8-3-9-19-31)40(42)30-17-12-20-32(25-30)43-34-22-11-10-21-33(34)37-35(43)24-23-29-26-36(45-38(29)37)27-13-4-1-5-14-27/h1-26,41-42H. The second-order valence-electron chi connectivity index (χ2n) is 11.0. The normalized spacial score (nSPS) is 11.3. The molecule has 214 valence electrons. The van der Waals surface area contributed by atoms with Crippen molar-refractivity contribution in [3.05, 3.63) is 169 Å². The molecular formula is C40H28N4S. The first kappa shape index (κ1) is 26.8. The Morgan fingerprint density at radius 2 is 1.20 bits per heavy atom. The van der Waals surface area contributed by atoms with Gasteiger partial charge in [-0.3, -0.25) is 15.7 Å². The fraction of sp³-hybridized carbons (Fsp3) is 0. The first-order valence-electron chi connectivity index (χ1n) is 14.9. The molecule has 2 heterocycles. The maximum Gasteiger partial charge on any atom is 0.138 e. The molecule has 0 fully saturated rings. The van der Waals surface area contributed by atoms with Crippen LogP contribution in [0.3, 0.4) is 0 Å². The molecule has 0 unspecified atom stereocenters. The van der Waals surface area contributed by atoms with Crippen LogP contribution in [0.25, 0.3) is 48.0 Å². The zero-order valence-corrected chi connectivity index (χ0v) is 25.1. The third-order valence-electron chi connectivity index (χ3n) is 8.26. The highest BCUT2D eigenvalue weighted by Gasteiger charge is 2.22. The number of aromatic nitrogens is 1. The lowest BCUT2D eigenvalue weighted by molar-refractivity contribution is 1.17. The summed E-state index contributed by atoms with van der Waals surface area (Å²) in [5.74, 6) is 0.495. The van der Waals surface area contributed by atoms with Gasteiger partial charge in [-0.15, -0.1) is 11.3 Å². The fourth-order valence-corrected chi connectivity index (χ4v) is 7.39. The summed E-state index contributed by atoms with van der Waals surface area (Å²) in [6.45, 7) is 0. The Morgan fingerprint density at radius 1 is 0.556 bits per heavy atom. The van der Waals surface area contributed by atoms with Gasteiger partial charge in [0.15, 0.2) is 0 Å². The van der Waals surface area contributed by atoms with Crippen molar-refractivity contribution in [2.45, 2.75) is 0 Å². The van der Waals surface area contributed by atoms with E-state index in [0.29, 0.717) is 0 Å². The molecule has 0 saturated heterocycles. The Bertz CT molecular complexity index is 2350. The van der Waals surface area contributed by atoms with Gasteiger partial charge in [0.05, 0.1) is 11.0 Å². The predicted octanol–water partition coefficient (Wildman–Crippen LogP) is 10.5. The fourth-order valence-electron chi connectivity index (χ4n) is 6.17. The third kappa shape index (κ3) is 4.62. The number of nitrogens with one attached hydrogen (secondary N) is 2. The highest BCUT2D eigenvalue weighted by atomic mass is 32.1. The van der Waals surface area contributed by atoms with Gasteiger partial charge in [-0.25, -0.2) is 0 Å². The molecule has 45 heavy (non-hydrogen) atoms. The van der Waals surface area contributed by atoms with E-state index in [1.165, 1.54) is 31.3 Å². The summed E-state index contributed by atoms with van der Waals surface area (Å²) < 4.78 is 3.58. The Morgan fingerprint density at radius 3 is 1.98 bits per heavy atom. The zero-order chi connectivity index (χ0) is 30.3. The minimum Gasteiger partial charge on any atom is -0.309 e. The zero-order valence-electron chi connectivity index (χ0n) is 24.3. The average Bonchev–Trinajstić information content (AvgIpc) is 3.69. The summed E-state index contributed by atoms with van der Waals surface area (Å²) in [5, 5.41) is 22.2. The summed E-state index contributed by atoms with van der Waals surface area (Å²) in [6.07, 6.45) is 0. The first-order chi connectivity index (χ1) is 22.2. The van der Waals surface area contributed by atoms with E-state index in [4.69, 9.17) is 5.41 Å². The van der Waals surface area contributed by atoms with Crippen LogP contribution < -0.4 is 4.90 Å². The molecule has 0 radical (unpaired) electrons. The second kappa shape index (κ2) is 11.1. The molecule has 0 spiro atoms. The average molecular weight is 597 g/mol. The summed E-state index contributed by atoms with van der Waals surface area (Å²) in [5.41, 5.74) is 6.70. The number of rotatable bonds is 5. The van der Waals surface area contributed by atoms with Gasteiger partial charge in [-0.05, 0) is 53.4 Å². The summed E-state index contributed by atoms with van der Waals surface area (Å²) in [6, 6.07) is 53.3. The lowest BCUT2D eigenvalue weighted by Crippen LogP contribution is -2.37. The second-order valence-corrected chi connectivity index (χ2v) is 12.0. The molecule has 4 nitrogen and oxygen atoms in total. The minimum absolute atomic E-state index is 0.242. The summed E-state index contributed by atoms with van der Waals surface area (Å²) >= 11 is 1.84. The van der Waals surface area contributed by atoms with Crippen LogP contribution in [-0.2, 0) is 0 Å². The molecule has 8 rings (SSSR count). The topological polar surface area (TPSA) is 55.9 Å². The van der Waals surface area contributed by atoms with Crippen molar-refractivity contribution in [3.8, 4) is 16.1 Å². The molecule has 0 aliphatic carbocycles. The summed E-state index contributed by atoms with van der Waals surface area (Å²) in [4.78, 5) is 2.97. The van der Waals surface area contributed by atoms with E-state index in [1.54, 1.807) is 4.90 Å². The lowest BCUT2D eigenvalue weighted by Gasteiger charge is -2.26. The van der Waals surface area contributed by atoms with Gasteiger partial charge in [0.1, 0.15) is 11.7 Å². The minimum atomic E-state index is 0.242. The van der Waals surface area contributed by atoms with Crippen molar-refractivity contribution in [2.75, 3.05) is 4.90 Å². The molecule has 0 atom stereocenters. The van der Waals surface area contributed by atoms with E-state index in [1.807, 2.05) is 84.1 Å². The lowest BCUT2D eigenvalue weighted by atomic mass is 10.1. The van der Waals surface area contributed by atoms with Gasteiger partial charge in [-0.2, -0.15) is 0 Å². The molecule has 2 N–H and O–H groups in total. The SMILES string of the molecule is N=C(c1ccccc1)N(C(=N)c1cccc(-n2c3ccccc3c3c4sc(-c5ccccc5)cc4ccc32)c1)c1ccccc1. The van der Waals surface area contributed by atoms with Crippen LogP contribution in [0.15, 0.2) is 158 Å². The van der Waals surface area contributed by atoms with Crippen LogP contribution in [-0.4, -0.2) is 16.2 Å². The number of nitrogens with zero attached hydrogens (tertiary/aromatic N) is 2. The monoisotopic (exact) mass is 596 g/mol. The number of anilines is 1. The number of para-hydroxylation sites is 2. The third-order valence-corrected chi connectivity index (χ3v) is 9.48. The molecule has 0 aliphatic heterocycles. The number of fused-ring (bicyclic) bond motifs is 5. The Balaban J connectivity index is 1.28. The van der Waals surface area contributed by atoms with Crippen LogP contribution in [0.4, 0.5) is 5.69 Å². The van der Waals surface area contributed by atoms with Crippen LogP contribution >= 0.6 is 11.3 Å². The smallest absolute Gasteiger partial charge is 0.138 e. The molecule has 0 aliphatic rings. The van der Waals surface area contributed by atoms with Gasteiger partial charge in [0.2, 0.25) is 0 Å². The quantitative estimate of drug-likeness (QED) is 0.151. The van der Waals surface area contributed by atoms with Gasteiger partial charge in [0.25, 0.3) is 0 Å². The highest BCUT2D eigenvalue weighted by molar-refractivity contribution is 7.23. The van der Waals surface area contributed by atoms with Crippen LogP contribution in [0.2, 0.25) is 0 Å². The Kier molecular flexibility index (Phi) is 6.59.